The summed E-state index contributed by atoms with van der Waals surface area (Å²) in [5.41, 5.74) is 1.44. The fraction of sp³-hybridized carbons (Fsp3) is 0.450. The molecule has 0 amide bonds. The van der Waals surface area contributed by atoms with Crippen molar-refractivity contribution in [2.75, 3.05) is 5.75 Å². The minimum absolute atomic E-state index is 0.360. The molecule has 144 valence electrons. The lowest BCUT2D eigenvalue weighted by molar-refractivity contribution is 0.608. The number of thioether (sulfide) groups is 1. The molecular formula is C20H26N4O2S. The Morgan fingerprint density at radius 2 is 1.89 bits per heavy atom. The SMILES string of the molecule is CCCCCSc1nc2c(c(=O)[nH]c(=O)n2C)n1CCCc1ccccc1. The minimum atomic E-state index is -0.427. The fourth-order valence-corrected chi connectivity index (χ4v) is 4.15. The summed E-state index contributed by atoms with van der Waals surface area (Å²) in [5, 5.41) is 0.820. The molecule has 3 aromatic rings. The highest BCUT2D eigenvalue weighted by atomic mass is 32.2. The molecule has 0 saturated heterocycles. The van der Waals surface area contributed by atoms with Crippen LogP contribution >= 0.6 is 11.8 Å². The number of imidazole rings is 1. The van der Waals surface area contributed by atoms with Crippen LogP contribution in [0.5, 0.6) is 0 Å². The normalized spacial score (nSPS) is 11.3. The van der Waals surface area contributed by atoms with E-state index in [1.807, 2.05) is 22.8 Å². The summed E-state index contributed by atoms with van der Waals surface area (Å²) in [7, 11) is 1.65. The number of H-pyrrole nitrogens is 1. The van der Waals surface area contributed by atoms with Crippen molar-refractivity contribution in [1.82, 2.24) is 19.1 Å². The molecule has 1 aromatic carbocycles. The number of aromatic nitrogens is 4. The molecule has 2 aromatic heterocycles. The van der Waals surface area contributed by atoms with Crippen LogP contribution in [0.4, 0.5) is 0 Å². The quantitative estimate of drug-likeness (QED) is 0.452. The maximum atomic E-state index is 12.5. The maximum absolute atomic E-state index is 12.5. The van der Waals surface area contributed by atoms with E-state index >= 15 is 0 Å². The molecule has 3 rings (SSSR count). The number of rotatable bonds is 9. The van der Waals surface area contributed by atoms with E-state index in [9.17, 15) is 9.59 Å². The van der Waals surface area contributed by atoms with Crippen LogP contribution in [0.25, 0.3) is 11.2 Å². The largest absolute Gasteiger partial charge is 0.329 e. The number of hydrogen-bond donors (Lipinski definition) is 1. The molecule has 0 aliphatic heterocycles. The van der Waals surface area contributed by atoms with Gasteiger partial charge in [0.05, 0.1) is 0 Å². The van der Waals surface area contributed by atoms with Crippen LogP contribution in [0.1, 0.15) is 38.2 Å². The van der Waals surface area contributed by atoms with Gasteiger partial charge in [0.25, 0.3) is 5.56 Å². The van der Waals surface area contributed by atoms with Crippen LogP contribution in [0.2, 0.25) is 0 Å². The van der Waals surface area contributed by atoms with Gasteiger partial charge in [-0.15, -0.1) is 0 Å². The van der Waals surface area contributed by atoms with Crippen molar-refractivity contribution in [3.63, 3.8) is 0 Å². The van der Waals surface area contributed by atoms with Gasteiger partial charge in [0.2, 0.25) is 0 Å². The van der Waals surface area contributed by atoms with Crippen molar-refractivity contribution < 1.29 is 0 Å². The smallest absolute Gasteiger partial charge is 0.313 e. The molecule has 1 N–H and O–H groups in total. The zero-order chi connectivity index (χ0) is 19.2. The molecule has 0 spiro atoms. The number of benzene rings is 1. The van der Waals surface area contributed by atoms with Gasteiger partial charge in [-0.1, -0.05) is 61.9 Å². The molecule has 0 unspecified atom stereocenters. The third kappa shape index (κ3) is 4.53. The molecule has 0 aliphatic rings. The molecule has 0 radical (unpaired) electrons. The van der Waals surface area contributed by atoms with Gasteiger partial charge in [0.15, 0.2) is 16.3 Å². The Hall–Kier alpha value is -2.28. The fourth-order valence-electron chi connectivity index (χ4n) is 3.13. The topological polar surface area (TPSA) is 72.7 Å². The summed E-state index contributed by atoms with van der Waals surface area (Å²) in [5.74, 6) is 0.960. The van der Waals surface area contributed by atoms with Crippen LogP contribution in [-0.4, -0.2) is 24.9 Å². The van der Waals surface area contributed by atoms with Crippen molar-refractivity contribution in [3.8, 4) is 0 Å². The first-order valence-corrected chi connectivity index (χ1v) is 10.5. The Labute approximate surface area is 162 Å². The molecule has 0 atom stereocenters. The van der Waals surface area contributed by atoms with Gasteiger partial charge in [-0.05, 0) is 24.8 Å². The third-order valence-corrected chi connectivity index (χ3v) is 5.70. The average Bonchev–Trinajstić information content (AvgIpc) is 3.03. The molecule has 2 heterocycles. The predicted molar refractivity (Wildman–Crippen MR) is 111 cm³/mol. The highest BCUT2D eigenvalue weighted by molar-refractivity contribution is 7.99. The molecule has 0 saturated carbocycles. The van der Waals surface area contributed by atoms with Crippen molar-refractivity contribution in [1.29, 1.82) is 0 Å². The van der Waals surface area contributed by atoms with E-state index in [2.05, 4.69) is 29.0 Å². The zero-order valence-corrected chi connectivity index (χ0v) is 16.7. The summed E-state index contributed by atoms with van der Waals surface area (Å²) in [6, 6.07) is 10.3. The van der Waals surface area contributed by atoms with Crippen molar-refractivity contribution >= 4 is 22.9 Å². The zero-order valence-electron chi connectivity index (χ0n) is 15.9. The first-order valence-electron chi connectivity index (χ1n) is 9.48. The van der Waals surface area contributed by atoms with Gasteiger partial charge in [0.1, 0.15) is 0 Å². The van der Waals surface area contributed by atoms with Gasteiger partial charge in [-0.3, -0.25) is 14.3 Å². The Morgan fingerprint density at radius 3 is 2.63 bits per heavy atom. The molecule has 0 fully saturated rings. The summed E-state index contributed by atoms with van der Waals surface area (Å²) < 4.78 is 3.40. The van der Waals surface area contributed by atoms with Crippen molar-refractivity contribution in [3.05, 3.63) is 56.7 Å². The summed E-state index contributed by atoms with van der Waals surface area (Å²) in [4.78, 5) is 31.4. The Kier molecular flexibility index (Phi) is 6.55. The molecule has 7 heteroatoms. The Morgan fingerprint density at radius 1 is 1.11 bits per heavy atom. The van der Waals surface area contributed by atoms with Crippen LogP contribution in [0, 0.1) is 0 Å². The standard InChI is InChI=1S/C20H26N4O2S/c1-3-4-8-14-27-20-21-17-16(18(25)22-19(26)23(17)2)24(20)13-9-12-15-10-6-5-7-11-15/h5-7,10-11H,3-4,8-9,12-14H2,1-2H3,(H,22,25,26). The second-order valence-corrected chi connectivity index (χ2v) is 7.74. The van der Waals surface area contributed by atoms with Crippen molar-refractivity contribution in [2.24, 2.45) is 7.05 Å². The monoisotopic (exact) mass is 386 g/mol. The molecule has 0 bridgehead atoms. The minimum Gasteiger partial charge on any atom is -0.313 e. The van der Waals surface area contributed by atoms with Crippen LogP contribution in [-0.2, 0) is 20.0 Å². The Balaban J connectivity index is 1.88. The van der Waals surface area contributed by atoms with Gasteiger partial charge in [-0.25, -0.2) is 9.78 Å². The second kappa shape index (κ2) is 9.08. The van der Waals surface area contributed by atoms with E-state index in [1.165, 1.54) is 23.0 Å². The first kappa shape index (κ1) is 19.5. The highest BCUT2D eigenvalue weighted by Gasteiger charge is 2.17. The molecule has 27 heavy (non-hydrogen) atoms. The summed E-state index contributed by atoms with van der Waals surface area (Å²) in [6.45, 7) is 2.88. The van der Waals surface area contributed by atoms with Gasteiger partial charge >= 0.3 is 5.69 Å². The second-order valence-electron chi connectivity index (χ2n) is 6.68. The van der Waals surface area contributed by atoms with E-state index in [-0.39, 0.29) is 5.56 Å². The lowest BCUT2D eigenvalue weighted by Crippen LogP contribution is -2.29. The van der Waals surface area contributed by atoms with Gasteiger partial charge in [0, 0.05) is 19.3 Å². The Bertz CT molecular complexity index is 1000. The molecule has 0 aliphatic carbocycles. The van der Waals surface area contributed by atoms with E-state index in [4.69, 9.17) is 0 Å². The first-order chi connectivity index (χ1) is 13.1. The maximum Gasteiger partial charge on any atom is 0.329 e. The highest BCUT2D eigenvalue weighted by Crippen LogP contribution is 2.23. The van der Waals surface area contributed by atoms with Crippen molar-refractivity contribution in [2.45, 2.75) is 50.7 Å². The van der Waals surface area contributed by atoms with E-state index in [0.29, 0.717) is 17.7 Å². The van der Waals surface area contributed by atoms with Crippen LogP contribution in [0.3, 0.4) is 0 Å². The van der Waals surface area contributed by atoms with E-state index < -0.39 is 5.69 Å². The number of hydrogen-bond acceptors (Lipinski definition) is 4. The van der Waals surface area contributed by atoms with E-state index in [1.54, 1.807) is 18.8 Å². The molecule has 6 nitrogen and oxygen atoms in total. The van der Waals surface area contributed by atoms with Crippen LogP contribution in [0.15, 0.2) is 45.1 Å². The third-order valence-electron chi connectivity index (χ3n) is 4.64. The number of aromatic amines is 1. The van der Waals surface area contributed by atoms with Crippen LogP contribution < -0.4 is 11.2 Å². The van der Waals surface area contributed by atoms with Gasteiger partial charge in [-0.2, -0.15) is 0 Å². The number of nitrogens with zero attached hydrogens (tertiary/aromatic N) is 3. The lowest BCUT2D eigenvalue weighted by Gasteiger charge is -2.08. The molecular weight excluding hydrogens is 360 g/mol. The lowest BCUT2D eigenvalue weighted by atomic mass is 10.1. The number of aryl methyl sites for hydroxylation is 3. The van der Waals surface area contributed by atoms with Gasteiger partial charge < -0.3 is 4.57 Å². The average molecular weight is 387 g/mol. The number of fused-ring (bicyclic) bond motifs is 1. The number of unbranched alkanes of at least 4 members (excludes halogenated alkanes) is 2. The van der Waals surface area contributed by atoms with E-state index in [0.717, 1.165) is 30.2 Å². The summed E-state index contributed by atoms with van der Waals surface area (Å²) >= 11 is 1.67. The number of nitrogens with one attached hydrogen (secondary N) is 1. The predicted octanol–water partition coefficient (Wildman–Crippen LogP) is 3.34. The summed E-state index contributed by atoms with van der Waals surface area (Å²) in [6.07, 6.45) is 5.30.